The van der Waals surface area contributed by atoms with Crippen LogP contribution in [0.1, 0.15) is 27.2 Å². The zero-order valence-electron chi connectivity index (χ0n) is 7.86. The molecule has 0 aromatic rings. The topological polar surface area (TPSA) is 9.23 Å². The molecule has 0 radical (unpaired) electrons. The van der Waals surface area contributed by atoms with Crippen LogP contribution in [0.3, 0.4) is 0 Å². The minimum Gasteiger partial charge on any atom is -0.491 e. The Morgan fingerprint density at radius 3 is 2.75 bits per heavy atom. The molecule has 2 heteroatoms. The second-order valence-electron chi connectivity index (χ2n) is 3.69. The summed E-state index contributed by atoms with van der Waals surface area (Å²) < 4.78 is 18.3. The summed E-state index contributed by atoms with van der Waals surface area (Å²) in [6.45, 7) is 6.39. The Balaban J connectivity index is 2.72. The summed E-state index contributed by atoms with van der Waals surface area (Å²) in [4.78, 5) is 0. The van der Waals surface area contributed by atoms with Gasteiger partial charge in [-0.15, -0.1) is 0 Å². The quantitative estimate of drug-likeness (QED) is 0.618. The molecule has 1 aliphatic carbocycles. The van der Waals surface area contributed by atoms with Crippen LogP contribution >= 0.6 is 0 Å². The second kappa shape index (κ2) is 3.30. The van der Waals surface area contributed by atoms with Crippen LogP contribution < -0.4 is 0 Å². The molecule has 1 aliphatic rings. The molecule has 0 atom stereocenters. The normalized spacial score (nSPS) is 21.3. The van der Waals surface area contributed by atoms with E-state index in [4.69, 9.17) is 4.74 Å². The number of hydrogen-bond acceptors (Lipinski definition) is 1. The Morgan fingerprint density at radius 1 is 1.58 bits per heavy atom. The minimum atomic E-state index is -0.229. The molecule has 1 nitrogen and oxygen atoms in total. The summed E-state index contributed by atoms with van der Waals surface area (Å²) in [5.74, 6) is 0.171. The first-order chi connectivity index (χ1) is 5.55. The Morgan fingerprint density at radius 2 is 2.25 bits per heavy atom. The zero-order valence-corrected chi connectivity index (χ0v) is 7.86. The van der Waals surface area contributed by atoms with E-state index in [2.05, 4.69) is 0 Å². The fourth-order valence-electron chi connectivity index (χ4n) is 1.21. The Labute approximate surface area is 72.9 Å². The number of rotatable bonds is 2. The number of halogens is 1. The van der Waals surface area contributed by atoms with E-state index in [-0.39, 0.29) is 11.2 Å². The van der Waals surface area contributed by atoms with Gasteiger partial charge in [0.15, 0.2) is 11.6 Å². The lowest BCUT2D eigenvalue weighted by molar-refractivity contribution is 0.216. The molecule has 0 amide bonds. The number of hydrogen-bond donors (Lipinski definition) is 0. The van der Waals surface area contributed by atoms with Crippen molar-refractivity contribution in [3.63, 3.8) is 0 Å². The minimum absolute atomic E-state index is 0.0648. The molecule has 12 heavy (non-hydrogen) atoms. The monoisotopic (exact) mass is 170 g/mol. The molecule has 0 heterocycles. The van der Waals surface area contributed by atoms with Crippen molar-refractivity contribution in [2.75, 3.05) is 6.61 Å². The molecule has 0 aromatic heterocycles. The van der Waals surface area contributed by atoms with Gasteiger partial charge in [0.05, 0.1) is 6.61 Å². The van der Waals surface area contributed by atoms with Gasteiger partial charge >= 0.3 is 0 Å². The van der Waals surface area contributed by atoms with Crippen LogP contribution in [-0.4, -0.2) is 6.61 Å². The molecule has 0 saturated carbocycles. The van der Waals surface area contributed by atoms with Gasteiger partial charge < -0.3 is 4.74 Å². The molecule has 0 unspecified atom stereocenters. The summed E-state index contributed by atoms with van der Waals surface area (Å²) in [5, 5.41) is 0. The van der Waals surface area contributed by atoms with Crippen LogP contribution in [0.5, 0.6) is 0 Å². The largest absolute Gasteiger partial charge is 0.491 e. The van der Waals surface area contributed by atoms with Crippen molar-refractivity contribution in [3.8, 4) is 0 Å². The van der Waals surface area contributed by atoms with Crippen molar-refractivity contribution in [3.05, 3.63) is 23.7 Å². The predicted molar refractivity (Wildman–Crippen MR) is 47.3 cm³/mol. The molecule has 68 valence electrons. The smallest absolute Gasteiger partial charge is 0.161 e. The fraction of sp³-hybridized carbons (Fsp3) is 0.600. The van der Waals surface area contributed by atoms with E-state index in [1.165, 1.54) is 0 Å². The zero-order chi connectivity index (χ0) is 9.19. The summed E-state index contributed by atoms with van der Waals surface area (Å²) in [5.41, 5.74) is -0.0648. The first-order valence-corrected chi connectivity index (χ1v) is 4.27. The molecule has 0 aromatic carbocycles. The molecule has 0 bridgehead atoms. The van der Waals surface area contributed by atoms with Crippen LogP contribution in [0, 0.1) is 5.41 Å². The van der Waals surface area contributed by atoms with Gasteiger partial charge in [0.25, 0.3) is 0 Å². The van der Waals surface area contributed by atoms with E-state index < -0.39 is 0 Å². The lowest BCUT2D eigenvalue weighted by Crippen LogP contribution is -2.12. The third kappa shape index (κ3) is 2.10. The maximum atomic E-state index is 13.2. The second-order valence-corrected chi connectivity index (χ2v) is 3.69. The highest BCUT2D eigenvalue weighted by Crippen LogP contribution is 2.33. The van der Waals surface area contributed by atoms with E-state index in [9.17, 15) is 4.39 Å². The average molecular weight is 170 g/mol. The van der Waals surface area contributed by atoms with Gasteiger partial charge in [-0.05, 0) is 30.9 Å². The van der Waals surface area contributed by atoms with Crippen molar-refractivity contribution >= 4 is 0 Å². The Kier molecular flexibility index (Phi) is 2.55. The summed E-state index contributed by atoms with van der Waals surface area (Å²) in [7, 11) is 0. The number of ether oxygens (including phenoxy) is 1. The van der Waals surface area contributed by atoms with Crippen molar-refractivity contribution in [1.29, 1.82) is 0 Å². The van der Waals surface area contributed by atoms with Crippen LogP contribution in [-0.2, 0) is 4.74 Å². The molecule has 0 fully saturated rings. The molecular formula is C10H15FO. The van der Waals surface area contributed by atoms with Gasteiger partial charge in [-0.3, -0.25) is 0 Å². The van der Waals surface area contributed by atoms with Crippen molar-refractivity contribution in [1.82, 2.24) is 0 Å². The highest BCUT2D eigenvalue weighted by molar-refractivity contribution is 5.26. The highest BCUT2D eigenvalue weighted by atomic mass is 19.1. The molecule has 0 N–H and O–H groups in total. The summed E-state index contributed by atoms with van der Waals surface area (Å²) >= 11 is 0. The van der Waals surface area contributed by atoms with E-state index in [0.29, 0.717) is 12.4 Å². The van der Waals surface area contributed by atoms with E-state index >= 15 is 0 Å². The molecule has 0 saturated heterocycles. The predicted octanol–water partition coefficient (Wildman–Crippen LogP) is 3.19. The van der Waals surface area contributed by atoms with Crippen LogP contribution in [0.2, 0.25) is 0 Å². The van der Waals surface area contributed by atoms with Crippen LogP contribution in [0.25, 0.3) is 0 Å². The van der Waals surface area contributed by atoms with Crippen LogP contribution in [0.15, 0.2) is 23.7 Å². The third-order valence-corrected chi connectivity index (χ3v) is 1.87. The van der Waals surface area contributed by atoms with E-state index in [1.54, 1.807) is 6.08 Å². The van der Waals surface area contributed by atoms with E-state index in [0.717, 1.165) is 6.42 Å². The van der Waals surface area contributed by atoms with Crippen molar-refractivity contribution in [2.24, 2.45) is 5.41 Å². The highest BCUT2D eigenvalue weighted by Gasteiger charge is 2.22. The van der Waals surface area contributed by atoms with E-state index in [1.807, 2.05) is 26.8 Å². The first kappa shape index (κ1) is 9.30. The average Bonchev–Trinajstić information content (AvgIpc) is 1.94. The SMILES string of the molecule is CCOC1=CCC(C)(C)C=C1F. The first-order valence-electron chi connectivity index (χ1n) is 4.27. The maximum Gasteiger partial charge on any atom is 0.161 e. The molecule has 1 rings (SSSR count). The molecule has 0 spiro atoms. The summed E-state index contributed by atoms with van der Waals surface area (Å²) in [6.07, 6.45) is 4.28. The number of allylic oxidation sites excluding steroid dienone is 3. The molecular weight excluding hydrogens is 155 g/mol. The molecule has 0 aliphatic heterocycles. The van der Waals surface area contributed by atoms with Gasteiger partial charge in [0.1, 0.15) is 0 Å². The Bertz CT molecular complexity index is 226. The van der Waals surface area contributed by atoms with Crippen molar-refractivity contribution < 1.29 is 9.13 Å². The van der Waals surface area contributed by atoms with Crippen LogP contribution in [0.4, 0.5) is 4.39 Å². The van der Waals surface area contributed by atoms with Gasteiger partial charge in [-0.25, -0.2) is 4.39 Å². The van der Waals surface area contributed by atoms with Crippen molar-refractivity contribution in [2.45, 2.75) is 27.2 Å². The standard InChI is InChI=1S/C10H15FO/c1-4-12-9-5-6-10(2,3)7-8(9)11/h5,7H,4,6H2,1-3H3. The lowest BCUT2D eigenvalue weighted by atomic mass is 9.85. The lowest BCUT2D eigenvalue weighted by Gasteiger charge is -2.23. The van der Waals surface area contributed by atoms with Gasteiger partial charge in [-0.1, -0.05) is 13.8 Å². The van der Waals surface area contributed by atoms with Gasteiger partial charge in [0, 0.05) is 0 Å². The summed E-state index contributed by atoms with van der Waals surface area (Å²) in [6, 6.07) is 0. The fourth-order valence-corrected chi connectivity index (χ4v) is 1.21. The van der Waals surface area contributed by atoms with Gasteiger partial charge in [-0.2, -0.15) is 0 Å². The Hall–Kier alpha value is -0.790. The third-order valence-electron chi connectivity index (χ3n) is 1.87. The van der Waals surface area contributed by atoms with Gasteiger partial charge in [0.2, 0.25) is 0 Å². The maximum absolute atomic E-state index is 13.2.